The highest BCUT2D eigenvalue weighted by atomic mass is 32.2. The molecular weight excluding hydrogens is 332 g/mol. The molecule has 5 heteroatoms. The third-order valence-electron chi connectivity index (χ3n) is 4.93. The van der Waals surface area contributed by atoms with Gasteiger partial charge in [0, 0.05) is 24.5 Å². The monoisotopic (exact) mass is 358 g/mol. The van der Waals surface area contributed by atoms with Gasteiger partial charge >= 0.3 is 0 Å². The minimum Gasteiger partial charge on any atom is -0.371 e. The lowest BCUT2D eigenvalue weighted by Crippen LogP contribution is -2.34. The SMILES string of the molecule is Cc1ccc(S(=O)(=O)Nc2ccc(N3CCCC(C)C3)cc2)cc1C. The van der Waals surface area contributed by atoms with E-state index in [0.29, 0.717) is 16.5 Å². The second-order valence-electron chi connectivity index (χ2n) is 7.09. The largest absolute Gasteiger partial charge is 0.371 e. The number of rotatable bonds is 4. The minimum atomic E-state index is -3.56. The maximum atomic E-state index is 12.6. The lowest BCUT2D eigenvalue weighted by atomic mass is 10.00. The van der Waals surface area contributed by atoms with E-state index in [4.69, 9.17) is 0 Å². The summed E-state index contributed by atoms with van der Waals surface area (Å²) in [6.45, 7) is 8.30. The van der Waals surface area contributed by atoms with Gasteiger partial charge in [0.15, 0.2) is 0 Å². The Bertz CT molecular complexity index is 844. The Labute approximate surface area is 150 Å². The number of benzene rings is 2. The van der Waals surface area contributed by atoms with Crippen molar-refractivity contribution in [1.82, 2.24) is 0 Å². The van der Waals surface area contributed by atoms with Gasteiger partial charge in [-0.25, -0.2) is 8.42 Å². The summed E-state index contributed by atoms with van der Waals surface area (Å²) >= 11 is 0. The highest BCUT2D eigenvalue weighted by Crippen LogP contribution is 2.25. The number of aryl methyl sites for hydroxylation is 2. The summed E-state index contributed by atoms with van der Waals surface area (Å²) < 4.78 is 27.8. The van der Waals surface area contributed by atoms with Crippen LogP contribution in [-0.2, 0) is 10.0 Å². The van der Waals surface area contributed by atoms with Crippen molar-refractivity contribution in [2.24, 2.45) is 5.92 Å². The summed E-state index contributed by atoms with van der Waals surface area (Å²) in [7, 11) is -3.56. The van der Waals surface area contributed by atoms with Gasteiger partial charge in [0.25, 0.3) is 10.0 Å². The summed E-state index contributed by atoms with van der Waals surface area (Å²) in [5.74, 6) is 0.705. The van der Waals surface area contributed by atoms with Gasteiger partial charge in [-0.1, -0.05) is 13.0 Å². The van der Waals surface area contributed by atoms with Gasteiger partial charge in [0.2, 0.25) is 0 Å². The average Bonchev–Trinajstić information content (AvgIpc) is 2.57. The lowest BCUT2D eigenvalue weighted by Gasteiger charge is -2.32. The normalized spacial score (nSPS) is 18.2. The molecule has 1 fully saturated rings. The molecular formula is C20H26N2O2S. The van der Waals surface area contributed by atoms with Gasteiger partial charge in [-0.3, -0.25) is 4.72 Å². The molecule has 1 atom stereocenters. The predicted molar refractivity (Wildman–Crippen MR) is 104 cm³/mol. The molecule has 0 aromatic heterocycles. The molecule has 2 aromatic carbocycles. The van der Waals surface area contributed by atoms with Crippen LogP contribution >= 0.6 is 0 Å². The van der Waals surface area contributed by atoms with E-state index in [2.05, 4.69) is 16.5 Å². The molecule has 1 aliphatic heterocycles. The quantitative estimate of drug-likeness (QED) is 0.884. The van der Waals surface area contributed by atoms with Crippen LogP contribution in [-0.4, -0.2) is 21.5 Å². The predicted octanol–water partition coefficient (Wildman–Crippen LogP) is 4.34. The van der Waals surface area contributed by atoms with Gasteiger partial charge < -0.3 is 4.90 Å². The van der Waals surface area contributed by atoms with Gasteiger partial charge in [-0.2, -0.15) is 0 Å². The van der Waals surface area contributed by atoms with Crippen molar-refractivity contribution in [1.29, 1.82) is 0 Å². The second kappa shape index (κ2) is 7.08. The molecule has 0 spiro atoms. The molecule has 25 heavy (non-hydrogen) atoms. The van der Waals surface area contributed by atoms with Crippen LogP contribution in [0.5, 0.6) is 0 Å². The number of piperidine rings is 1. The number of hydrogen-bond donors (Lipinski definition) is 1. The molecule has 0 bridgehead atoms. The Hall–Kier alpha value is -2.01. The van der Waals surface area contributed by atoms with E-state index in [-0.39, 0.29) is 0 Å². The average molecular weight is 359 g/mol. The highest BCUT2D eigenvalue weighted by Gasteiger charge is 2.18. The summed E-state index contributed by atoms with van der Waals surface area (Å²) in [5, 5.41) is 0. The first-order chi connectivity index (χ1) is 11.8. The Morgan fingerprint density at radius 1 is 1.04 bits per heavy atom. The van der Waals surface area contributed by atoms with Crippen LogP contribution in [0.4, 0.5) is 11.4 Å². The molecule has 1 saturated heterocycles. The number of nitrogens with one attached hydrogen (secondary N) is 1. The first-order valence-corrected chi connectivity index (χ1v) is 10.3. The molecule has 4 nitrogen and oxygen atoms in total. The Balaban J connectivity index is 1.75. The second-order valence-corrected chi connectivity index (χ2v) is 8.77. The van der Waals surface area contributed by atoms with Crippen LogP contribution in [0.25, 0.3) is 0 Å². The summed E-state index contributed by atoms with van der Waals surface area (Å²) in [6.07, 6.45) is 2.49. The summed E-state index contributed by atoms with van der Waals surface area (Å²) in [4.78, 5) is 2.67. The van der Waals surface area contributed by atoms with E-state index in [0.717, 1.165) is 29.9 Å². The smallest absolute Gasteiger partial charge is 0.261 e. The number of nitrogens with zero attached hydrogens (tertiary/aromatic N) is 1. The fourth-order valence-electron chi connectivity index (χ4n) is 3.26. The Morgan fingerprint density at radius 3 is 2.40 bits per heavy atom. The molecule has 1 heterocycles. The number of anilines is 2. The van der Waals surface area contributed by atoms with Crippen LogP contribution in [0.3, 0.4) is 0 Å². The van der Waals surface area contributed by atoms with Gasteiger partial charge in [-0.15, -0.1) is 0 Å². The van der Waals surface area contributed by atoms with Crippen molar-refractivity contribution in [3.05, 3.63) is 53.6 Å². The standard InChI is InChI=1S/C20H26N2O2S/c1-15-5-4-12-22(14-15)19-9-7-18(8-10-19)21-25(23,24)20-11-6-16(2)17(3)13-20/h6-11,13,15,21H,4-5,12,14H2,1-3H3. The molecule has 0 radical (unpaired) electrons. The van der Waals surface area contributed by atoms with Crippen LogP contribution in [0, 0.1) is 19.8 Å². The van der Waals surface area contributed by atoms with Crippen molar-refractivity contribution < 1.29 is 8.42 Å². The van der Waals surface area contributed by atoms with E-state index in [1.807, 2.05) is 44.2 Å². The van der Waals surface area contributed by atoms with Crippen LogP contribution < -0.4 is 9.62 Å². The van der Waals surface area contributed by atoms with E-state index >= 15 is 0 Å². The Kier molecular flexibility index (Phi) is 5.04. The molecule has 134 valence electrons. The van der Waals surface area contributed by atoms with Gasteiger partial charge in [0.05, 0.1) is 4.90 Å². The van der Waals surface area contributed by atoms with E-state index in [1.54, 1.807) is 12.1 Å². The third kappa shape index (κ3) is 4.15. The molecule has 1 aliphatic rings. The summed E-state index contributed by atoms with van der Waals surface area (Å²) in [5.41, 5.74) is 3.80. The zero-order valence-corrected chi connectivity index (χ0v) is 15.9. The van der Waals surface area contributed by atoms with Crippen LogP contribution in [0.1, 0.15) is 30.9 Å². The minimum absolute atomic E-state index is 0.296. The van der Waals surface area contributed by atoms with E-state index in [9.17, 15) is 8.42 Å². The van der Waals surface area contributed by atoms with Crippen LogP contribution in [0.15, 0.2) is 47.4 Å². The van der Waals surface area contributed by atoms with Gasteiger partial charge in [-0.05, 0) is 80.1 Å². The maximum absolute atomic E-state index is 12.6. The summed E-state index contributed by atoms with van der Waals surface area (Å²) in [6, 6.07) is 12.9. The number of sulfonamides is 1. The first-order valence-electron chi connectivity index (χ1n) is 8.80. The van der Waals surface area contributed by atoms with E-state index < -0.39 is 10.0 Å². The maximum Gasteiger partial charge on any atom is 0.261 e. The Morgan fingerprint density at radius 2 is 1.76 bits per heavy atom. The number of hydrogen-bond acceptors (Lipinski definition) is 3. The molecule has 0 amide bonds. The fourth-order valence-corrected chi connectivity index (χ4v) is 4.40. The van der Waals surface area contributed by atoms with E-state index in [1.165, 1.54) is 12.8 Å². The lowest BCUT2D eigenvalue weighted by molar-refractivity contribution is 0.447. The third-order valence-corrected chi connectivity index (χ3v) is 6.31. The van der Waals surface area contributed by atoms with Crippen molar-refractivity contribution in [2.45, 2.75) is 38.5 Å². The molecule has 3 rings (SSSR count). The van der Waals surface area contributed by atoms with Crippen molar-refractivity contribution in [3.63, 3.8) is 0 Å². The van der Waals surface area contributed by atoms with Crippen LogP contribution in [0.2, 0.25) is 0 Å². The van der Waals surface area contributed by atoms with Crippen molar-refractivity contribution in [3.8, 4) is 0 Å². The molecule has 1 unspecified atom stereocenters. The van der Waals surface area contributed by atoms with Crippen molar-refractivity contribution >= 4 is 21.4 Å². The zero-order valence-electron chi connectivity index (χ0n) is 15.1. The molecule has 0 aliphatic carbocycles. The van der Waals surface area contributed by atoms with Crippen molar-refractivity contribution in [2.75, 3.05) is 22.7 Å². The first kappa shape index (κ1) is 17.8. The fraction of sp³-hybridized carbons (Fsp3) is 0.400. The van der Waals surface area contributed by atoms with Gasteiger partial charge in [0.1, 0.15) is 0 Å². The molecule has 2 aromatic rings. The molecule has 0 saturated carbocycles. The highest BCUT2D eigenvalue weighted by molar-refractivity contribution is 7.92. The zero-order chi connectivity index (χ0) is 18.0. The topological polar surface area (TPSA) is 49.4 Å². The molecule has 1 N–H and O–H groups in total.